The Hall–Kier alpha value is -5.63. The molecule has 6 rings (SSSR count). The third-order valence-electron chi connectivity index (χ3n) is 11.0. The van der Waals surface area contributed by atoms with E-state index in [1.54, 1.807) is 65.2 Å². The molecule has 0 spiro atoms. The number of aliphatic hydroxyl groups excluding tert-OH is 4. The first kappa shape index (κ1) is 58.5. The summed E-state index contributed by atoms with van der Waals surface area (Å²) in [6.07, 6.45) is -0.150. The SMILES string of the molecule is CC(=O)[C@@H]1C(=O)N[C@@H]1CO.COc1ccc(CN2C(=O)[C@@H](C)[C@H]2CO)c(OC)c1.C[C@@H]1C(=O)N[C@@H]1CO.Cc1nc(/C(=N/OC(C)(C)C(=O)OC(C)(C)C)C(=O)C[C@@H]2C(=O)N[C@@H]2CO)cs1.NO. The van der Waals surface area contributed by atoms with Crippen LogP contribution in [0.15, 0.2) is 28.7 Å². The highest BCUT2D eigenvalue weighted by atomic mass is 32.1. The number of ketones is 2. The average Bonchev–Trinajstić information content (AvgIpc) is 3.73. The topological polar surface area (TPSA) is 348 Å². The van der Waals surface area contributed by atoms with Crippen molar-refractivity contribution in [3.63, 3.8) is 0 Å². The molecule has 10 N–H and O–H groups in total. The molecular formula is C44H67N7O16S. The molecule has 2 aromatic rings. The molecule has 68 heavy (non-hydrogen) atoms. The highest BCUT2D eigenvalue weighted by molar-refractivity contribution is 7.09. The largest absolute Gasteiger partial charge is 0.497 e. The number of nitrogens with zero attached hydrogens (tertiary/aromatic N) is 3. The Kier molecular flexibility index (Phi) is 22.6. The number of Topliss-reactive ketones (excluding diaryl/α,β-unsaturated/α-hetero) is 2. The lowest BCUT2D eigenvalue weighted by atomic mass is 9.85. The zero-order valence-corrected chi connectivity index (χ0v) is 41.0. The van der Waals surface area contributed by atoms with Crippen LogP contribution in [0.5, 0.6) is 11.5 Å². The Balaban J connectivity index is 0.000000345. The zero-order valence-electron chi connectivity index (χ0n) is 40.2. The predicted molar refractivity (Wildman–Crippen MR) is 244 cm³/mol. The van der Waals surface area contributed by atoms with Crippen LogP contribution >= 0.6 is 11.3 Å². The van der Waals surface area contributed by atoms with Gasteiger partial charge in [-0.05, 0) is 60.6 Å². The molecule has 8 atom stereocenters. The summed E-state index contributed by atoms with van der Waals surface area (Å²) < 4.78 is 15.8. The van der Waals surface area contributed by atoms with Gasteiger partial charge in [0.2, 0.25) is 29.2 Å². The number of benzene rings is 1. The maximum absolute atomic E-state index is 12.9. The molecule has 0 aliphatic carbocycles. The van der Waals surface area contributed by atoms with Gasteiger partial charge >= 0.3 is 5.97 Å². The summed E-state index contributed by atoms with van der Waals surface area (Å²) in [4.78, 5) is 91.7. The Morgan fingerprint density at radius 3 is 1.84 bits per heavy atom. The molecule has 4 aliphatic heterocycles. The van der Waals surface area contributed by atoms with Crippen molar-refractivity contribution in [1.29, 1.82) is 0 Å². The number of likely N-dealkylation sites (tertiary alicyclic amines) is 1. The van der Waals surface area contributed by atoms with Gasteiger partial charge in [0.1, 0.15) is 34.5 Å². The van der Waals surface area contributed by atoms with E-state index < -0.39 is 40.8 Å². The van der Waals surface area contributed by atoms with Crippen LogP contribution in [-0.4, -0.2) is 158 Å². The van der Waals surface area contributed by atoms with Gasteiger partial charge in [0.15, 0.2) is 11.5 Å². The Morgan fingerprint density at radius 1 is 0.838 bits per heavy atom. The van der Waals surface area contributed by atoms with Crippen molar-refractivity contribution in [3.8, 4) is 11.5 Å². The summed E-state index contributed by atoms with van der Waals surface area (Å²) in [5.41, 5.74) is -1.02. The van der Waals surface area contributed by atoms with Crippen LogP contribution in [0.2, 0.25) is 0 Å². The third kappa shape index (κ3) is 15.4. The highest BCUT2D eigenvalue weighted by Crippen LogP contribution is 2.32. The number of methoxy groups -OCH3 is 2. The Labute approximate surface area is 398 Å². The van der Waals surface area contributed by atoms with E-state index in [-0.39, 0.29) is 97.9 Å². The van der Waals surface area contributed by atoms with Gasteiger partial charge in [-0.2, -0.15) is 0 Å². The molecule has 0 bridgehead atoms. The second kappa shape index (κ2) is 26.2. The van der Waals surface area contributed by atoms with Gasteiger partial charge in [0.05, 0.1) is 87.6 Å². The van der Waals surface area contributed by atoms with Crippen LogP contribution in [0.25, 0.3) is 0 Å². The fourth-order valence-corrected chi connectivity index (χ4v) is 7.28. The number of ether oxygens (including phenoxy) is 3. The smallest absolute Gasteiger partial charge is 0.353 e. The number of nitrogens with two attached hydrogens (primary N) is 1. The summed E-state index contributed by atoms with van der Waals surface area (Å²) in [5.74, 6) is 1.82. The number of hydrogen-bond donors (Lipinski definition) is 9. The van der Waals surface area contributed by atoms with E-state index in [1.165, 1.54) is 32.1 Å². The number of rotatable bonds is 16. The second-order valence-corrected chi connectivity index (χ2v) is 18.5. The van der Waals surface area contributed by atoms with Gasteiger partial charge in [0.25, 0.3) is 0 Å². The molecule has 4 amide bonds. The van der Waals surface area contributed by atoms with Gasteiger partial charge in [0, 0.05) is 30.0 Å². The molecule has 0 saturated carbocycles. The average molecular weight is 982 g/mol. The quantitative estimate of drug-likeness (QED) is 0.0338. The molecule has 0 unspecified atom stereocenters. The first-order chi connectivity index (χ1) is 31.9. The summed E-state index contributed by atoms with van der Waals surface area (Å²) in [6.45, 7) is 15.0. The maximum atomic E-state index is 12.9. The molecule has 23 nitrogen and oxygen atoms in total. The minimum absolute atomic E-state index is 0.00855. The summed E-state index contributed by atoms with van der Waals surface area (Å²) in [7, 11) is 3.18. The fourth-order valence-electron chi connectivity index (χ4n) is 6.68. The third-order valence-corrected chi connectivity index (χ3v) is 11.8. The number of carbonyl (C=O) groups excluding carboxylic acids is 7. The predicted octanol–water partition coefficient (Wildman–Crippen LogP) is -0.469. The van der Waals surface area contributed by atoms with E-state index in [4.69, 9.17) is 34.5 Å². The van der Waals surface area contributed by atoms with Crippen molar-refractivity contribution >= 4 is 58.2 Å². The van der Waals surface area contributed by atoms with Gasteiger partial charge in [-0.15, -0.1) is 11.3 Å². The minimum atomic E-state index is -1.44. The number of hydrogen-bond acceptors (Lipinski definition) is 20. The number of oxime groups is 1. The van der Waals surface area contributed by atoms with Crippen LogP contribution in [0.4, 0.5) is 0 Å². The summed E-state index contributed by atoms with van der Waals surface area (Å²) >= 11 is 1.33. The Morgan fingerprint density at radius 2 is 1.43 bits per heavy atom. The number of amides is 4. The van der Waals surface area contributed by atoms with Gasteiger partial charge in [-0.25, -0.2) is 15.7 Å². The van der Waals surface area contributed by atoms with E-state index in [2.05, 4.69) is 32.0 Å². The van der Waals surface area contributed by atoms with E-state index in [1.807, 2.05) is 19.1 Å². The molecule has 1 aromatic carbocycles. The number of β-lactam (4-membered cyclic amide) rings is 4. The van der Waals surface area contributed by atoms with Gasteiger partial charge in [-0.1, -0.05) is 19.0 Å². The zero-order chi connectivity index (χ0) is 51.8. The van der Waals surface area contributed by atoms with Gasteiger partial charge in [-0.3, -0.25) is 28.8 Å². The van der Waals surface area contributed by atoms with Crippen LogP contribution in [0.3, 0.4) is 0 Å². The second-order valence-electron chi connectivity index (χ2n) is 17.5. The van der Waals surface area contributed by atoms with E-state index in [9.17, 15) is 43.8 Å². The summed E-state index contributed by atoms with van der Waals surface area (Å²) in [5, 5.41) is 55.9. The molecule has 24 heteroatoms. The van der Waals surface area contributed by atoms with Crippen LogP contribution < -0.4 is 31.3 Å². The van der Waals surface area contributed by atoms with Crippen molar-refractivity contribution in [2.75, 3.05) is 40.6 Å². The highest BCUT2D eigenvalue weighted by Gasteiger charge is 2.45. The molecule has 4 aliphatic rings. The maximum Gasteiger partial charge on any atom is 0.353 e. The number of aliphatic hydroxyl groups is 4. The number of nitrogens with one attached hydrogen (secondary N) is 3. The van der Waals surface area contributed by atoms with Crippen molar-refractivity contribution in [3.05, 3.63) is 39.8 Å². The fraction of sp³-hybridized carbons (Fsp3) is 0.614. The van der Waals surface area contributed by atoms with Crippen LogP contribution in [0, 0.1) is 30.6 Å². The van der Waals surface area contributed by atoms with Crippen molar-refractivity contribution in [1.82, 2.24) is 25.8 Å². The number of esters is 1. The van der Waals surface area contributed by atoms with E-state index >= 15 is 0 Å². The van der Waals surface area contributed by atoms with Crippen molar-refractivity contribution < 1.29 is 78.2 Å². The van der Waals surface area contributed by atoms with E-state index in [0.29, 0.717) is 23.7 Å². The number of thiazole rings is 1. The number of aromatic nitrogens is 1. The molecular weight excluding hydrogens is 915 g/mol. The normalized spacial score (nSPS) is 23.5. The molecule has 1 aromatic heterocycles. The molecule has 0 radical (unpaired) electrons. The lowest BCUT2D eigenvalue weighted by Gasteiger charge is -2.45. The molecule has 4 fully saturated rings. The minimum Gasteiger partial charge on any atom is -0.497 e. The lowest BCUT2D eigenvalue weighted by Crippen LogP contribution is -2.62. The number of aryl methyl sites for hydroxylation is 1. The van der Waals surface area contributed by atoms with E-state index in [0.717, 1.165) is 10.6 Å². The van der Waals surface area contributed by atoms with Gasteiger partial charge < -0.3 is 65.5 Å². The van der Waals surface area contributed by atoms with Crippen molar-refractivity contribution in [2.24, 2.45) is 34.7 Å². The van der Waals surface area contributed by atoms with Crippen molar-refractivity contribution in [2.45, 2.75) is 111 Å². The lowest BCUT2D eigenvalue weighted by molar-refractivity contribution is -0.179. The summed E-state index contributed by atoms with van der Waals surface area (Å²) in [6, 6.07) is 4.61. The first-order valence-corrected chi connectivity index (χ1v) is 22.3. The molecule has 4 saturated heterocycles. The monoisotopic (exact) mass is 981 g/mol. The van der Waals surface area contributed by atoms with Crippen LogP contribution in [0.1, 0.15) is 78.1 Å². The Bertz CT molecular complexity index is 2100. The number of carbonyl (C=O) groups is 7. The van der Waals surface area contributed by atoms with Crippen LogP contribution in [-0.2, 0) is 49.7 Å². The standard InChI is InChI=1S/C19H27N3O6S.C14H19NO4.C6H9NO3.C5H9NO2.H3NO/c1-10-20-13(9-29-10)15(14(24)7-11-12(8-23)21-16(11)25)22-28-19(5,6)17(26)27-18(2,3)4;1-9-12(8-16)15(14(9)17)7-10-4-5-11(18-2)6-13(10)19-3;1-3(9)5-4(2-8)7-6(5)10;1-3-4(2-7)6-5(3)8;1-2/h9,11-12,23H,7-8H2,1-6H3,(H,21,25);4-6,9,12,16H,7-8H2,1-3H3;4-5,8H,2H2,1H3,(H,7,10);3-4,7H,2H2,1H3,(H,6,8);2H,1H2/b22-15-;;;;/t11-,12+;9-,12+;4-,5+;3-,4+;/m0010./s1. The molecule has 5 heterocycles. The first-order valence-electron chi connectivity index (χ1n) is 21.5. The molecule has 380 valence electrons.